The van der Waals surface area contributed by atoms with Gasteiger partial charge in [0.05, 0.1) is 15.8 Å². The SMILES string of the molecule is O=C(COC(=O)Cn1[nH]c(=O)c2ccccc2c1=O)Nc1ccc(Cl)cn1. The molecule has 3 aromatic rings. The third-order valence-electron chi connectivity index (χ3n) is 3.53. The summed E-state index contributed by atoms with van der Waals surface area (Å²) in [5, 5.41) is 5.54. The standard InChI is InChI=1S/C17H13ClN4O5/c18-10-5-6-13(19-7-10)20-14(23)9-27-15(24)8-22-17(26)12-4-2-1-3-11(12)16(25)21-22/h1-7H,8-9H2,(H,21,25)(H,19,20,23). The maximum atomic E-state index is 12.3. The minimum atomic E-state index is -0.859. The van der Waals surface area contributed by atoms with Crippen molar-refractivity contribution in [1.29, 1.82) is 0 Å². The Kier molecular flexibility index (Phi) is 5.32. The molecule has 3 rings (SSSR count). The normalized spacial score (nSPS) is 10.6. The van der Waals surface area contributed by atoms with Crippen LogP contribution in [0.3, 0.4) is 0 Å². The Bertz CT molecular complexity index is 1120. The summed E-state index contributed by atoms with van der Waals surface area (Å²) < 4.78 is 5.66. The van der Waals surface area contributed by atoms with Gasteiger partial charge in [0.1, 0.15) is 12.4 Å². The number of carbonyl (C=O) groups excluding carboxylic acids is 2. The van der Waals surface area contributed by atoms with Crippen LogP contribution in [0.5, 0.6) is 0 Å². The monoisotopic (exact) mass is 388 g/mol. The summed E-state index contributed by atoms with van der Waals surface area (Å²) >= 11 is 5.69. The number of aromatic amines is 1. The molecular weight excluding hydrogens is 376 g/mol. The molecule has 9 nitrogen and oxygen atoms in total. The predicted molar refractivity (Wildman–Crippen MR) is 97.7 cm³/mol. The summed E-state index contributed by atoms with van der Waals surface area (Å²) in [4.78, 5) is 51.8. The number of esters is 1. The molecular formula is C17H13ClN4O5. The van der Waals surface area contributed by atoms with Crippen LogP contribution >= 0.6 is 11.6 Å². The van der Waals surface area contributed by atoms with Crippen LogP contribution in [0.2, 0.25) is 5.02 Å². The van der Waals surface area contributed by atoms with Crippen molar-refractivity contribution in [2.24, 2.45) is 0 Å². The fraction of sp³-hybridized carbons (Fsp3) is 0.118. The number of carbonyl (C=O) groups is 2. The van der Waals surface area contributed by atoms with Gasteiger partial charge in [-0.25, -0.2) is 9.67 Å². The molecule has 10 heteroatoms. The fourth-order valence-electron chi connectivity index (χ4n) is 2.31. The van der Waals surface area contributed by atoms with E-state index in [2.05, 4.69) is 15.4 Å². The average Bonchev–Trinajstić information content (AvgIpc) is 2.66. The molecule has 0 saturated heterocycles. The van der Waals surface area contributed by atoms with E-state index in [1.807, 2.05) is 0 Å². The third kappa shape index (κ3) is 4.39. The number of benzene rings is 1. The van der Waals surface area contributed by atoms with Gasteiger partial charge >= 0.3 is 5.97 Å². The second kappa shape index (κ2) is 7.83. The number of fused-ring (bicyclic) bond motifs is 1. The molecule has 0 fully saturated rings. The van der Waals surface area contributed by atoms with Gasteiger partial charge in [-0.15, -0.1) is 0 Å². The molecule has 0 spiro atoms. The number of hydrogen-bond donors (Lipinski definition) is 2. The Balaban J connectivity index is 1.62. The first kappa shape index (κ1) is 18.3. The first-order valence-electron chi connectivity index (χ1n) is 7.73. The molecule has 27 heavy (non-hydrogen) atoms. The van der Waals surface area contributed by atoms with Crippen molar-refractivity contribution in [2.75, 3.05) is 11.9 Å². The predicted octanol–water partition coefficient (Wildman–Crippen LogP) is 0.920. The number of nitrogens with zero attached hydrogens (tertiary/aromatic N) is 2. The lowest BCUT2D eigenvalue weighted by Crippen LogP contribution is -2.33. The van der Waals surface area contributed by atoms with E-state index < -0.39 is 36.1 Å². The zero-order chi connectivity index (χ0) is 19.4. The molecule has 0 aliphatic heterocycles. The molecule has 0 saturated carbocycles. The fourth-order valence-corrected chi connectivity index (χ4v) is 2.42. The molecule has 2 N–H and O–H groups in total. The van der Waals surface area contributed by atoms with Crippen LogP contribution in [0.1, 0.15) is 0 Å². The molecule has 0 aliphatic rings. The van der Waals surface area contributed by atoms with Crippen LogP contribution in [0.4, 0.5) is 5.82 Å². The van der Waals surface area contributed by atoms with Crippen LogP contribution in [0.15, 0.2) is 52.2 Å². The van der Waals surface area contributed by atoms with E-state index in [1.54, 1.807) is 18.2 Å². The van der Waals surface area contributed by atoms with Crippen LogP contribution in [-0.2, 0) is 20.9 Å². The number of pyridine rings is 1. The smallest absolute Gasteiger partial charge is 0.328 e. The molecule has 2 heterocycles. The lowest BCUT2D eigenvalue weighted by molar-refractivity contribution is -0.148. The maximum Gasteiger partial charge on any atom is 0.328 e. The summed E-state index contributed by atoms with van der Waals surface area (Å²) in [7, 11) is 0. The summed E-state index contributed by atoms with van der Waals surface area (Å²) in [5.41, 5.74) is -1.05. The second-order valence-electron chi connectivity index (χ2n) is 5.45. The number of aromatic nitrogens is 3. The Labute approximate surface area is 156 Å². The highest BCUT2D eigenvalue weighted by atomic mass is 35.5. The molecule has 0 atom stereocenters. The molecule has 1 aromatic carbocycles. The van der Waals surface area contributed by atoms with Gasteiger partial charge in [0.25, 0.3) is 17.0 Å². The summed E-state index contributed by atoms with van der Waals surface area (Å²) in [6.07, 6.45) is 1.35. The van der Waals surface area contributed by atoms with Crippen molar-refractivity contribution >= 4 is 40.1 Å². The molecule has 0 bridgehead atoms. The zero-order valence-electron chi connectivity index (χ0n) is 13.8. The lowest BCUT2D eigenvalue weighted by Gasteiger charge is -2.08. The van der Waals surface area contributed by atoms with Crippen molar-refractivity contribution in [3.05, 3.63) is 68.3 Å². The Hall–Kier alpha value is -3.46. The third-order valence-corrected chi connectivity index (χ3v) is 3.75. The highest BCUT2D eigenvalue weighted by Gasteiger charge is 2.13. The van der Waals surface area contributed by atoms with E-state index in [9.17, 15) is 19.2 Å². The first-order chi connectivity index (χ1) is 12.9. The lowest BCUT2D eigenvalue weighted by atomic mass is 10.2. The summed E-state index contributed by atoms with van der Waals surface area (Å²) in [6, 6.07) is 9.26. The number of nitrogens with one attached hydrogen (secondary N) is 2. The van der Waals surface area contributed by atoms with Crippen molar-refractivity contribution < 1.29 is 14.3 Å². The summed E-state index contributed by atoms with van der Waals surface area (Å²) in [5.74, 6) is -1.23. The van der Waals surface area contributed by atoms with Gasteiger partial charge in [-0.05, 0) is 24.3 Å². The van der Waals surface area contributed by atoms with E-state index in [4.69, 9.17) is 16.3 Å². The maximum absolute atomic E-state index is 12.3. The van der Waals surface area contributed by atoms with Crippen LogP contribution in [0, 0.1) is 0 Å². The molecule has 0 aliphatic carbocycles. The van der Waals surface area contributed by atoms with Crippen LogP contribution in [0.25, 0.3) is 10.8 Å². The van der Waals surface area contributed by atoms with E-state index in [0.717, 1.165) is 4.68 Å². The van der Waals surface area contributed by atoms with Crippen molar-refractivity contribution in [3.8, 4) is 0 Å². The van der Waals surface area contributed by atoms with Gasteiger partial charge in [0, 0.05) is 6.20 Å². The van der Waals surface area contributed by atoms with Gasteiger partial charge in [0.2, 0.25) is 0 Å². The average molecular weight is 389 g/mol. The number of halogens is 1. The van der Waals surface area contributed by atoms with Gasteiger partial charge in [0.15, 0.2) is 6.61 Å². The van der Waals surface area contributed by atoms with E-state index in [0.29, 0.717) is 5.02 Å². The number of H-pyrrole nitrogens is 1. The van der Waals surface area contributed by atoms with Gasteiger partial charge in [-0.2, -0.15) is 0 Å². The molecule has 2 aromatic heterocycles. The molecule has 1 amide bonds. The second-order valence-corrected chi connectivity index (χ2v) is 5.88. The number of amides is 1. The van der Waals surface area contributed by atoms with Crippen LogP contribution in [-0.4, -0.2) is 33.2 Å². The molecule has 0 unspecified atom stereocenters. The quantitative estimate of drug-likeness (QED) is 0.626. The topological polar surface area (TPSA) is 123 Å². The minimum Gasteiger partial charge on any atom is -0.454 e. The summed E-state index contributed by atoms with van der Waals surface area (Å²) in [6.45, 7) is -1.11. The Morgan fingerprint density at radius 2 is 1.89 bits per heavy atom. The Morgan fingerprint density at radius 1 is 1.15 bits per heavy atom. The number of rotatable bonds is 5. The largest absolute Gasteiger partial charge is 0.454 e. The number of hydrogen-bond acceptors (Lipinski definition) is 6. The van der Waals surface area contributed by atoms with E-state index >= 15 is 0 Å². The van der Waals surface area contributed by atoms with Crippen molar-refractivity contribution in [3.63, 3.8) is 0 Å². The van der Waals surface area contributed by atoms with Gasteiger partial charge < -0.3 is 10.1 Å². The molecule has 138 valence electrons. The number of ether oxygens (including phenoxy) is 1. The van der Waals surface area contributed by atoms with Crippen LogP contribution < -0.4 is 16.4 Å². The highest BCUT2D eigenvalue weighted by molar-refractivity contribution is 6.30. The Morgan fingerprint density at radius 3 is 2.59 bits per heavy atom. The number of anilines is 1. The van der Waals surface area contributed by atoms with E-state index in [1.165, 1.54) is 24.4 Å². The van der Waals surface area contributed by atoms with Crippen molar-refractivity contribution in [2.45, 2.75) is 6.54 Å². The van der Waals surface area contributed by atoms with Gasteiger partial charge in [-0.1, -0.05) is 23.7 Å². The van der Waals surface area contributed by atoms with Crippen molar-refractivity contribution in [1.82, 2.24) is 14.8 Å². The minimum absolute atomic E-state index is 0.181. The zero-order valence-corrected chi connectivity index (χ0v) is 14.5. The highest BCUT2D eigenvalue weighted by Crippen LogP contribution is 2.09. The molecule has 0 radical (unpaired) electrons. The van der Waals surface area contributed by atoms with Gasteiger partial charge in [-0.3, -0.25) is 24.3 Å². The van der Waals surface area contributed by atoms with E-state index in [-0.39, 0.29) is 16.6 Å². The first-order valence-corrected chi connectivity index (χ1v) is 8.11.